The summed E-state index contributed by atoms with van der Waals surface area (Å²) in [6.45, 7) is 1.94. The molecular weight excluding hydrogens is 254 g/mol. The van der Waals surface area contributed by atoms with Crippen molar-refractivity contribution in [3.05, 3.63) is 24.0 Å². The minimum atomic E-state index is -0.00328. The molecule has 0 aliphatic heterocycles. The first kappa shape index (κ1) is 15.1. The normalized spacial score (nSPS) is 22.7. The van der Waals surface area contributed by atoms with Crippen LogP contribution in [0.1, 0.15) is 36.2 Å². The number of carbonyl (C=O) groups is 1. The second kappa shape index (κ2) is 7.45. The number of nitrogens with one attached hydrogen (secondary N) is 1. The predicted octanol–water partition coefficient (Wildman–Crippen LogP) is 1.38. The van der Waals surface area contributed by atoms with Crippen molar-refractivity contribution in [2.45, 2.75) is 38.3 Å². The fourth-order valence-corrected chi connectivity index (χ4v) is 2.93. The number of nitrogens with zero attached hydrogens (tertiary/aromatic N) is 1. The Bertz CT molecular complexity index is 431. The summed E-state index contributed by atoms with van der Waals surface area (Å²) < 4.78 is 6.99. The summed E-state index contributed by atoms with van der Waals surface area (Å²) in [6.07, 6.45) is 6.46. The van der Waals surface area contributed by atoms with Crippen LogP contribution < -0.4 is 11.1 Å². The van der Waals surface area contributed by atoms with Crippen molar-refractivity contribution in [3.8, 4) is 0 Å². The van der Waals surface area contributed by atoms with Gasteiger partial charge in [-0.05, 0) is 37.4 Å². The first-order valence-electron chi connectivity index (χ1n) is 7.41. The molecule has 3 N–H and O–H groups in total. The van der Waals surface area contributed by atoms with Gasteiger partial charge in [-0.25, -0.2) is 0 Å². The van der Waals surface area contributed by atoms with Gasteiger partial charge in [-0.2, -0.15) is 0 Å². The summed E-state index contributed by atoms with van der Waals surface area (Å²) in [6, 6.07) is 3.96. The Hall–Kier alpha value is -1.33. The number of carbonyl (C=O) groups excluding carboxylic acids is 1. The van der Waals surface area contributed by atoms with Crippen LogP contribution in [0.25, 0.3) is 0 Å². The van der Waals surface area contributed by atoms with E-state index in [0.29, 0.717) is 31.3 Å². The van der Waals surface area contributed by atoms with E-state index in [1.807, 2.05) is 22.9 Å². The third-order valence-corrected chi connectivity index (χ3v) is 4.13. The van der Waals surface area contributed by atoms with Crippen molar-refractivity contribution in [2.75, 3.05) is 20.3 Å². The molecule has 2 rings (SSSR count). The highest BCUT2D eigenvalue weighted by Gasteiger charge is 2.26. The van der Waals surface area contributed by atoms with Gasteiger partial charge in [0.1, 0.15) is 5.69 Å². The monoisotopic (exact) mass is 279 g/mol. The molecule has 2 atom stereocenters. The number of hydrogen-bond donors (Lipinski definition) is 2. The summed E-state index contributed by atoms with van der Waals surface area (Å²) in [7, 11) is 1.66. The molecule has 5 heteroatoms. The Morgan fingerprint density at radius 1 is 1.50 bits per heavy atom. The summed E-state index contributed by atoms with van der Waals surface area (Å²) in [5.41, 5.74) is 6.51. The highest BCUT2D eigenvalue weighted by atomic mass is 16.5. The van der Waals surface area contributed by atoms with Gasteiger partial charge in [0.25, 0.3) is 5.91 Å². The van der Waals surface area contributed by atoms with E-state index >= 15 is 0 Å². The molecule has 1 aromatic heterocycles. The van der Waals surface area contributed by atoms with E-state index in [-0.39, 0.29) is 11.9 Å². The molecule has 20 heavy (non-hydrogen) atoms. The van der Waals surface area contributed by atoms with Gasteiger partial charge in [0.15, 0.2) is 0 Å². The third kappa shape index (κ3) is 3.61. The van der Waals surface area contributed by atoms with Crippen LogP contribution >= 0.6 is 0 Å². The van der Waals surface area contributed by atoms with E-state index in [4.69, 9.17) is 10.5 Å². The minimum Gasteiger partial charge on any atom is -0.383 e. The van der Waals surface area contributed by atoms with Crippen LogP contribution in [0, 0.1) is 5.92 Å². The number of hydrogen-bond acceptors (Lipinski definition) is 3. The lowest BCUT2D eigenvalue weighted by Crippen LogP contribution is -2.45. The fraction of sp³-hybridized carbons (Fsp3) is 0.667. The molecular formula is C15H25N3O2. The van der Waals surface area contributed by atoms with Gasteiger partial charge in [-0.3, -0.25) is 4.79 Å². The summed E-state index contributed by atoms with van der Waals surface area (Å²) in [4.78, 5) is 12.4. The molecule has 1 amide bonds. The fourth-order valence-electron chi connectivity index (χ4n) is 2.93. The molecule has 2 unspecified atom stereocenters. The molecule has 1 saturated carbocycles. The van der Waals surface area contributed by atoms with Crippen LogP contribution in [0.4, 0.5) is 0 Å². The van der Waals surface area contributed by atoms with Crippen molar-refractivity contribution < 1.29 is 9.53 Å². The lowest BCUT2D eigenvalue weighted by atomic mass is 9.84. The third-order valence-electron chi connectivity index (χ3n) is 4.13. The average molecular weight is 279 g/mol. The predicted molar refractivity (Wildman–Crippen MR) is 78.6 cm³/mol. The van der Waals surface area contributed by atoms with Crippen molar-refractivity contribution in [1.29, 1.82) is 0 Å². The Morgan fingerprint density at radius 3 is 3.05 bits per heavy atom. The smallest absolute Gasteiger partial charge is 0.268 e. The number of ether oxygens (including phenoxy) is 1. The van der Waals surface area contributed by atoms with Crippen LogP contribution in [0.5, 0.6) is 0 Å². The molecule has 112 valence electrons. The molecule has 1 aliphatic rings. The Labute approximate surface area is 120 Å². The largest absolute Gasteiger partial charge is 0.383 e. The van der Waals surface area contributed by atoms with E-state index in [2.05, 4.69) is 5.32 Å². The van der Waals surface area contributed by atoms with E-state index < -0.39 is 0 Å². The summed E-state index contributed by atoms with van der Waals surface area (Å²) >= 11 is 0. The molecule has 0 bridgehead atoms. The summed E-state index contributed by atoms with van der Waals surface area (Å²) in [5.74, 6) is 0.409. The standard InChI is InChI=1S/C15H25N3O2/c1-20-10-9-18-8-4-7-14(18)15(19)17-13-6-3-2-5-12(13)11-16/h4,7-8,12-13H,2-3,5-6,9-11,16H2,1H3,(H,17,19). The maximum atomic E-state index is 12.4. The lowest BCUT2D eigenvalue weighted by molar-refractivity contribution is 0.0896. The molecule has 1 aliphatic carbocycles. The zero-order chi connectivity index (χ0) is 14.4. The summed E-state index contributed by atoms with van der Waals surface area (Å²) in [5, 5.41) is 3.16. The minimum absolute atomic E-state index is 0.00328. The Morgan fingerprint density at radius 2 is 2.30 bits per heavy atom. The number of methoxy groups -OCH3 is 1. The Kier molecular flexibility index (Phi) is 5.61. The quantitative estimate of drug-likeness (QED) is 0.826. The second-order valence-corrected chi connectivity index (χ2v) is 5.44. The van der Waals surface area contributed by atoms with Gasteiger partial charge in [0, 0.05) is 25.9 Å². The number of amides is 1. The molecule has 0 radical (unpaired) electrons. The zero-order valence-electron chi connectivity index (χ0n) is 12.2. The lowest BCUT2D eigenvalue weighted by Gasteiger charge is -2.31. The highest BCUT2D eigenvalue weighted by molar-refractivity contribution is 5.93. The van der Waals surface area contributed by atoms with Gasteiger partial charge >= 0.3 is 0 Å². The van der Waals surface area contributed by atoms with Crippen molar-refractivity contribution in [1.82, 2.24) is 9.88 Å². The second-order valence-electron chi connectivity index (χ2n) is 5.44. The molecule has 1 aromatic rings. The first-order chi connectivity index (χ1) is 9.76. The number of nitrogens with two attached hydrogens (primary N) is 1. The van der Waals surface area contributed by atoms with Crippen LogP contribution in [0.3, 0.4) is 0 Å². The number of rotatable bonds is 6. The van der Waals surface area contributed by atoms with Crippen molar-refractivity contribution in [2.24, 2.45) is 11.7 Å². The zero-order valence-corrected chi connectivity index (χ0v) is 12.2. The molecule has 1 heterocycles. The maximum absolute atomic E-state index is 12.4. The first-order valence-corrected chi connectivity index (χ1v) is 7.41. The molecule has 0 spiro atoms. The van der Waals surface area contributed by atoms with E-state index in [9.17, 15) is 4.79 Å². The molecule has 0 saturated heterocycles. The van der Waals surface area contributed by atoms with Crippen molar-refractivity contribution >= 4 is 5.91 Å². The van der Waals surface area contributed by atoms with Gasteiger partial charge in [-0.1, -0.05) is 12.8 Å². The van der Waals surface area contributed by atoms with E-state index in [1.165, 1.54) is 12.8 Å². The van der Waals surface area contributed by atoms with Crippen LogP contribution in [0.2, 0.25) is 0 Å². The van der Waals surface area contributed by atoms with Gasteiger partial charge in [0.2, 0.25) is 0 Å². The van der Waals surface area contributed by atoms with Gasteiger partial charge in [-0.15, -0.1) is 0 Å². The maximum Gasteiger partial charge on any atom is 0.268 e. The van der Waals surface area contributed by atoms with Gasteiger partial charge < -0.3 is 20.4 Å². The van der Waals surface area contributed by atoms with Crippen LogP contribution in [-0.2, 0) is 11.3 Å². The number of aromatic nitrogens is 1. The molecule has 5 nitrogen and oxygen atoms in total. The van der Waals surface area contributed by atoms with Crippen LogP contribution in [-0.4, -0.2) is 36.8 Å². The highest BCUT2D eigenvalue weighted by Crippen LogP contribution is 2.23. The van der Waals surface area contributed by atoms with Crippen molar-refractivity contribution in [3.63, 3.8) is 0 Å². The molecule has 1 fully saturated rings. The SMILES string of the molecule is COCCn1cccc1C(=O)NC1CCCCC1CN. The van der Waals surface area contributed by atoms with E-state index in [1.54, 1.807) is 7.11 Å². The Balaban J connectivity index is 1.98. The van der Waals surface area contributed by atoms with Crippen LogP contribution in [0.15, 0.2) is 18.3 Å². The molecule has 0 aromatic carbocycles. The van der Waals surface area contributed by atoms with Gasteiger partial charge in [0.05, 0.1) is 6.61 Å². The average Bonchev–Trinajstić information content (AvgIpc) is 2.94. The van der Waals surface area contributed by atoms with E-state index in [0.717, 1.165) is 12.8 Å². The topological polar surface area (TPSA) is 69.3 Å².